The second-order valence-corrected chi connectivity index (χ2v) is 13.4. The Morgan fingerprint density at radius 2 is 2.00 bits per heavy atom. The number of amides is 2. The molecule has 2 aliphatic heterocycles. The van der Waals surface area contributed by atoms with Crippen molar-refractivity contribution < 1.29 is 18.0 Å². The summed E-state index contributed by atoms with van der Waals surface area (Å²) in [6, 6.07) is 6.16. The van der Waals surface area contributed by atoms with Gasteiger partial charge in [0.05, 0.1) is 5.69 Å². The van der Waals surface area contributed by atoms with Gasteiger partial charge in [-0.25, -0.2) is 13.4 Å². The van der Waals surface area contributed by atoms with Crippen molar-refractivity contribution in [2.45, 2.75) is 36.2 Å². The molecule has 4 heterocycles. The Morgan fingerprint density at radius 3 is 2.75 bits per heavy atom. The first-order valence-corrected chi connectivity index (χ1v) is 14.6. The molecule has 2 atom stereocenters. The van der Waals surface area contributed by atoms with Crippen molar-refractivity contribution in [3.63, 3.8) is 0 Å². The van der Waals surface area contributed by atoms with Gasteiger partial charge < -0.3 is 15.5 Å². The van der Waals surface area contributed by atoms with Crippen LogP contribution in [0.1, 0.15) is 27.3 Å². The van der Waals surface area contributed by atoms with E-state index in [9.17, 15) is 18.0 Å². The first kappa shape index (κ1) is 27.2. The molecule has 2 aliphatic rings. The molecule has 1 aromatic carbocycles. The van der Waals surface area contributed by atoms with E-state index in [2.05, 4.69) is 22.5 Å². The number of carbonyl (C=O) groups excluding carboxylic acids is 2. The standard InChI is InChI=1S/C22H24ClN5O4S3.ClH/c1-12-7-15-18(10-25-12)34-21(26-15)22(30)28-6-5-27(11-16(28)20(29)24-2)35(31,32)19-8-13-3-4-14(23)9-17(13)33-19;/h3-4,8-9,12,16,25H,5-7,10-11H2,1-2H3,(H,24,29);1H. The average molecular weight is 591 g/mol. The molecular weight excluding hydrogens is 565 g/mol. The first-order valence-electron chi connectivity index (χ1n) is 11.1. The van der Waals surface area contributed by atoms with Gasteiger partial charge >= 0.3 is 0 Å². The van der Waals surface area contributed by atoms with Crippen molar-refractivity contribution in [3.05, 3.63) is 44.9 Å². The number of aromatic nitrogens is 1. The van der Waals surface area contributed by atoms with E-state index in [1.54, 1.807) is 24.3 Å². The maximum atomic E-state index is 13.5. The number of nitrogens with one attached hydrogen (secondary N) is 2. The minimum absolute atomic E-state index is 0. The van der Waals surface area contributed by atoms with Gasteiger partial charge in [-0.3, -0.25) is 9.59 Å². The quantitative estimate of drug-likeness (QED) is 0.484. The number of halogens is 2. The number of sulfonamides is 1. The summed E-state index contributed by atoms with van der Waals surface area (Å²) < 4.78 is 29.1. The maximum Gasteiger partial charge on any atom is 0.283 e. The largest absolute Gasteiger partial charge is 0.357 e. The Morgan fingerprint density at radius 1 is 1.22 bits per heavy atom. The van der Waals surface area contributed by atoms with Crippen LogP contribution in [-0.2, 0) is 27.8 Å². The molecule has 36 heavy (non-hydrogen) atoms. The Kier molecular flexibility index (Phi) is 7.96. The Hall–Kier alpha value is -1.80. The molecule has 0 aliphatic carbocycles. The highest BCUT2D eigenvalue weighted by atomic mass is 35.5. The Bertz CT molecular complexity index is 1420. The lowest BCUT2D eigenvalue weighted by atomic mass is 10.1. The third-order valence-electron chi connectivity index (χ3n) is 6.28. The molecule has 194 valence electrons. The lowest BCUT2D eigenvalue weighted by Gasteiger charge is -2.39. The Labute approximate surface area is 228 Å². The lowest BCUT2D eigenvalue weighted by molar-refractivity contribution is -0.126. The molecule has 3 aromatic rings. The number of thiophene rings is 1. The molecule has 9 nitrogen and oxygen atoms in total. The number of rotatable bonds is 4. The number of thiazole rings is 1. The molecule has 2 aromatic heterocycles. The second-order valence-electron chi connectivity index (χ2n) is 8.61. The minimum Gasteiger partial charge on any atom is -0.357 e. The zero-order chi connectivity index (χ0) is 24.9. The SMILES string of the molecule is CNC(=O)C1CN(S(=O)(=O)c2cc3ccc(Cl)cc3s2)CCN1C(=O)c1nc2c(s1)CNC(C)C2.Cl. The zero-order valence-electron chi connectivity index (χ0n) is 19.5. The summed E-state index contributed by atoms with van der Waals surface area (Å²) in [5, 5.41) is 7.58. The van der Waals surface area contributed by atoms with Crippen LogP contribution in [0.3, 0.4) is 0 Å². The van der Waals surface area contributed by atoms with E-state index in [-0.39, 0.29) is 48.2 Å². The average Bonchev–Trinajstić information content (AvgIpc) is 3.46. The van der Waals surface area contributed by atoms with E-state index < -0.39 is 22.0 Å². The molecule has 0 saturated carbocycles. The number of hydrogen-bond donors (Lipinski definition) is 2. The van der Waals surface area contributed by atoms with E-state index in [1.165, 1.54) is 27.6 Å². The summed E-state index contributed by atoms with van der Waals surface area (Å²) in [5.41, 5.74) is 0.909. The van der Waals surface area contributed by atoms with Gasteiger partial charge in [0.2, 0.25) is 5.91 Å². The monoisotopic (exact) mass is 589 g/mol. The summed E-state index contributed by atoms with van der Waals surface area (Å²) in [7, 11) is -2.39. The van der Waals surface area contributed by atoms with Crippen LogP contribution in [0, 0.1) is 0 Å². The van der Waals surface area contributed by atoms with Crippen LogP contribution in [0.4, 0.5) is 0 Å². The number of carbonyl (C=O) groups is 2. The molecule has 5 rings (SSSR count). The smallest absolute Gasteiger partial charge is 0.283 e. The number of hydrogen-bond acceptors (Lipinski definition) is 8. The highest BCUT2D eigenvalue weighted by Gasteiger charge is 2.41. The highest BCUT2D eigenvalue weighted by molar-refractivity contribution is 7.91. The molecule has 2 unspecified atom stereocenters. The molecular formula is C22H25Cl2N5O4S3. The van der Waals surface area contributed by atoms with E-state index >= 15 is 0 Å². The third kappa shape index (κ3) is 5.00. The summed E-state index contributed by atoms with van der Waals surface area (Å²) in [4.78, 5) is 33.2. The van der Waals surface area contributed by atoms with Crippen molar-refractivity contribution >= 4 is 78.6 Å². The van der Waals surface area contributed by atoms with E-state index in [0.29, 0.717) is 16.6 Å². The molecule has 0 radical (unpaired) electrons. The van der Waals surface area contributed by atoms with E-state index in [4.69, 9.17) is 11.6 Å². The second kappa shape index (κ2) is 10.5. The molecule has 0 spiro atoms. The highest BCUT2D eigenvalue weighted by Crippen LogP contribution is 2.34. The maximum absolute atomic E-state index is 13.5. The number of likely N-dealkylation sites (N-methyl/N-ethyl adjacent to an activating group) is 1. The van der Waals surface area contributed by atoms with E-state index in [0.717, 1.165) is 38.4 Å². The summed E-state index contributed by atoms with van der Waals surface area (Å²) >= 11 is 8.52. The van der Waals surface area contributed by atoms with Crippen LogP contribution < -0.4 is 10.6 Å². The number of nitrogens with zero attached hydrogens (tertiary/aromatic N) is 3. The van der Waals surface area contributed by atoms with Gasteiger partial charge in [0.1, 0.15) is 10.3 Å². The molecule has 1 saturated heterocycles. The zero-order valence-corrected chi connectivity index (χ0v) is 23.5. The number of piperazine rings is 1. The predicted molar refractivity (Wildman–Crippen MR) is 144 cm³/mol. The molecule has 2 N–H and O–H groups in total. The number of benzene rings is 1. The van der Waals surface area contributed by atoms with Gasteiger partial charge in [-0.05, 0) is 30.5 Å². The molecule has 0 bridgehead atoms. The first-order chi connectivity index (χ1) is 16.7. The normalized spacial score (nSPS) is 20.6. The minimum atomic E-state index is -3.86. The van der Waals surface area contributed by atoms with Crippen molar-refractivity contribution in [2.75, 3.05) is 26.7 Å². The molecule has 1 fully saturated rings. The van der Waals surface area contributed by atoms with Crippen LogP contribution in [0.5, 0.6) is 0 Å². The van der Waals surface area contributed by atoms with Gasteiger partial charge in [0, 0.05) is 60.3 Å². The van der Waals surface area contributed by atoms with Crippen LogP contribution in [0.15, 0.2) is 28.5 Å². The summed E-state index contributed by atoms with van der Waals surface area (Å²) in [6.45, 7) is 2.77. The van der Waals surface area contributed by atoms with E-state index in [1.807, 2.05) is 0 Å². The Balaban J connectivity index is 0.00000304. The fourth-order valence-electron chi connectivity index (χ4n) is 4.37. The van der Waals surface area contributed by atoms with Crippen LogP contribution in [0.2, 0.25) is 5.02 Å². The van der Waals surface area contributed by atoms with Crippen molar-refractivity contribution in [1.82, 2.24) is 24.8 Å². The fraction of sp³-hybridized carbons (Fsp3) is 0.409. The topological polar surface area (TPSA) is 112 Å². The summed E-state index contributed by atoms with van der Waals surface area (Å²) in [6.07, 6.45) is 0.740. The van der Waals surface area contributed by atoms with Gasteiger partial charge in [-0.1, -0.05) is 17.7 Å². The molecule has 14 heteroatoms. The summed E-state index contributed by atoms with van der Waals surface area (Å²) in [5.74, 6) is -0.766. The van der Waals surface area contributed by atoms with Gasteiger partial charge in [0.25, 0.3) is 15.9 Å². The molecule has 2 amide bonds. The van der Waals surface area contributed by atoms with Crippen LogP contribution >= 0.6 is 46.7 Å². The van der Waals surface area contributed by atoms with Crippen molar-refractivity contribution in [1.29, 1.82) is 0 Å². The van der Waals surface area contributed by atoms with Gasteiger partial charge in [-0.2, -0.15) is 4.31 Å². The number of fused-ring (bicyclic) bond motifs is 2. The lowest BCUT2D eigenvalue weighted by Crippen LogP contribution is -2.61. The fourth-order valence-corrected chi connectivity index (χ4v) is 8.63. The van der Waals surface area contributed by atoms with Crippen molar-refractivity contribution in [2.24, 2.45) is 0 Å². The van der Waals surface area contributed by atoms with Crippen molar-refractivity contribution in [3.8, 4) is 0 Å². The van der Waals surface area contributed by atoms with Crippen LogP contribution in [0.25, 0.3) is 10.1 Å². The van der Waals surface area contributed by atoms with Crippen LogP contribution in [-0.4, -0.2) is 73.2 Å². The van der Waals surface area contributed by atoms with Gasteiger partial charge in [-0.15, -0.1) is 35.1 Å². The van der Waals surface area contributed by atoms with Gasteiger partial charge in [0.15, 0.2) is 5.01 Å². The predicted octanol–water partition coefficient (Wildman–Crippen LogP) is 2.73. The third-order valence-corrected chi connectivity index (χ3v) is 11.0.